The summed E-state index contributed by atoms with van der Waals surface area (Å²) in [4.78, 5) is 16.8. The maximum absolute atomic E-state index is 12.2. The summed E-state index contributed by atoms with van der Waals surface area (Å²) in [6.07, 6.45) is 0. The molecule has 0 saturated heterocycles. The molecule has 4 nitrogen and oxygen atoms in total. The Morgan fingerprint density at radius 1 is 0.750 bits per heavy atom. The molecule has 0 saturated carbocycles. The molecule has 0 radical (unpaired) electrons. The molecule has 4 aromatic rings. The summed E-state index contributed by atoms with van der Waals surface area (Å²) >= 11 is 1.43. The number of fused-ring (bicyclic) bond motifs is 1. The highest BCUT2D eigenvalue weighted by Gasteiger charge is 2.06. The van der Waals surface area contributed by atoms with Crippen molar-refractivity contribution in [2.45, 2.75) is 5.03 Å². The summed E-state index contributed by atoms with van der Waals surface area (Å²) in [5, 5.41) is 8.19. The van der Waals surface area contributed by atoms with Crippen LogP contribution in [0.5, 0.6) is 0 Å². The van der Waals surface area contributed by atoms with Crippen LogP contribution < -0.4 is 10.6 Å². The highest BCUT2D eigenvalue weighted by Crippen LogP contribution is 2.21. The van der Waals surface area contributed by atoms with Gasteiger partial charge < -0.3 is 10.6 Å². The lowest BCUT2D eigenvalue weighted by Crippen LogP contribution is -2.14. The number of hydrogen-bond acceptors (Lipinski definition) is 4. The van der Waals surface area contributed by atoms with Gasteiger partial charge in [-0.2, -0.15) is 0 Å². The van der Waals surface area contributed by atoms with Gasteiger partial charge >= 0.3 is 0 Å². The zero-order chi connectivity index (χ0) is 19.2. The van der Waals surface area contributed by atoms with Crippen LogP contribution in [0.2, 0.25) is 0 Å². The lowest BCUT2D eigenvalue weighted by atomic mass is 10.2. The number of rotatable bonds is 6. The second-order valence-electron chi connectivity index (χ2n) is 6.25. The molecule has 0 spiro atoms. The third-order valence-electron chi connectivity index (χ3n) is 4.16. The number of carbonyl (C=O) groups is 1. The summed E-state index contributed by atoms with van der Waals surface area (Å²) in [5.41, 5.74) is 3.71. The quantitative estimate of drug-likeness (QED) is 0.418. The van der Waals surface area contributed by atoms with Gasteiger partial charge in [-0.1, -0.05) is 54.2 Å². The van der Waals surface area contributed by atoms with Gasteiger partial charge in [0.1, 0.15) is 0 Å². The number of aromatic nitrogens is 1. The Bertz CT molecular complexity index is 1080. The Hall–Kier alpha value is -3.31. The van der Waals surface area contributed by atoms with Crippen LogP contribution >= 0.6 is 11.8 Å². The molecule has 138 valence electrons. The molecular weight excluding hydrogens is 366 g/mol. The molecule has 0 aliphatic heterocycles. The standard InChI is InChI=1S/C23H19N3OS/c27-22(16-28-23-15-10-17-6-4-5-9-21(17)26-23)25-20-13-11-19(12-14-20)24-18-7-2-1-3-8-18/h1-15,24H,16H2,(H,25,27). The summed E-state index contributed by atoms with van der Waals surface area (Å²) in [6.45, 7) is 0. The molecule has 0 unspecified atom stereocenters. The van der Waals surface area contributed by atoms with Crippen LogP contribution in [-0.2, 0) is 4.79 Å². The Balaban J connectivity index is 1.31. The van der Waals surface area contributed by atoms with Gasteiger partial charge in [0.2, 0.25) is 5.91 Å². The minimum atomic E-state index is -0.0521. The second kappa shape index (κ2) is 8.59. The van der Waals surface area contributed by atoms with Crippen LogP contribution in [0.3, 0.4) is 0 Å². The maximum atomic E-state index is 12.2. The number of para-hydroxylation sites is 2. The van der Waals surface area contributed by atoms with E-state index in [4.69, 9.17) is 0 Å². The van der Waals surface area contributed by atoms with Crippen LogP contribution in [0.25, 0.3) is 10.9 Å². The van der Waals surface area contributed by atoms with Crippen molar-refractivity contribution in [3.8, 4) is 0 Å². The van der Waals surface area contributed by atoms with Crippen molar-refractivity contribution >= 4 is 45.6 Å². The van der Waals surface area contributed by atoms with Gasteiger partial charge in [-0.25, -0.2) is 4.98 Å². The molecule has 5 heteroatoms. The average Bonchev–Trinajstić information content (AvgIpc) is 2.74. The fraction of sp³-hybridized carbons (Fsp3) is 0.0435. The number of hydrogen-bond donors (Lipinski definition) is 2. The van der Waals surface area contributed by atoms with Crippen molar-refractivity contribution in [1.29, 1.82) is 0 Å². The van der Waals surface area contributed by atoms with Crippen molar-refractivity contribution < 1.29 is 4.79 Å². The number of benzene rings is 3. The lowest BCUT2D eigenvalue weighted by Gasteiger charge is -2.09. The van der Waals surface area contributed by atoms with Crippen molar-refractivity contribution in [3.05, 3.63) is 91.0 Å². The molecule has 4 rings (SSSR count). The summed E-state index contributed by atoms with van der Waals surface area (Å²) < 4.78 is 0. The third-order valence-corrected chi connectivity index (χ3v) is 5.08. The fourth-order valence-corrected chi connectivity index (χ4v) is 3.47. The van der Waals surface area contributed by atoms with E-state index < -0.39 is 0 Å². The first-order valence-electron chi connectivity index (χ1n) is 8.97. The van der Waals surface area contributed by atoms with E-state index >= 15 is 0 Å². The van der Waals surface area contributed by atoms with Gasteiger partial charge in [0, 0.05) is 22.4 Å². The van der Waals surface area contributed by atoms with E-state index in [-0.39, 0.29) is 5.91 Å². The highest BCUT2D eigenvalue weighted by molar-refractivity contribution is 7.99. The summed E-state index contributed by atoms with van der Waals surface area (Å²) in [7, 11) is 0. The SMILES string of the molecule is O=C(CSc1ccc2ccccc2n1)Nc1ccc(Nc2ccccc2)cc1. The molecule has 0 fully saturated rings. The lowest BCUT2D eigenvalue weighted by molar-refractivity contribution is -0.113. The summed E-state index contributed by atoms with van der Waals surface area (Å²) in [6, 6.07) is 29.6. The highest BCUT2D eigenvalue weighted by atomic mass is 32.2. The number of amides is 1. The topological polar surface area (TPSA) is 54.0 Å². The fourth-order valence-electron chi connectivity index (χ4n) is 2.79. The molecule has 0 bridgehead atoms. The molecule has 2 N–H and O–H groups in total. The molecule has 0 aliphatic rings. The smallest absolute Gasteiger partial charge is 0.234 e. The molecular formula is C23H19N3OS. The van der Waals surface area contributed by atoms with Crippen molar-refractivity contribution in [1.82, 2.24) is 4.98 Å². The number of carbonyl (C=O) groups excluding carboxylic acids is 1. The van der Waals surface area contributed by atoms with Gasteiger partial charge in [0.05, 0.1) is 16.3 Å². The van der Waals surface area contributed by atoms with Crippen molar-refractivity contribution in [3.63, 3.8) is 0 Å². The first-order chi connectivity index (χ1) is 13.8. The predicted molar refractivity (Wildman–Crippen MR) is 117 cm³/mol. The minimum Gasteiger partial charge on any atom is -0.356 e. The van der Waals surface area contributed by atoms with E-state index in [9.17, 15) is 4.79 Å². The number of nitrogens with zero attached hydrogens (tertiary/aromatic N) is 1. The van der Waals surface area contributed by atoms with Crippen LogP contribution in [0.1, 0.15) is 0 Å². The molecule has 3 aromatic carbocycles. The Morgan fingerprint density at radius 3 is 2.25 bits per heavy atom. The van der Waals surface area contributed by atoms with Crippen LogP contribution in [0, 0.1) is 0 Å². The van der Waals surface area contributed by atoms with Gasteiger partial charge in [0.25, 0.3) is 0 Å². The zero-order valence-electron chi connectivity index (χ0n) is 15.1. The number of thioether (sulfide) groups is 1. The molecule has 1 heterocycles. The van der Waals surface area contributed by atoms with Gasteiger partial charge in [-0.05, 0) is 48.5 Å². The van der Waals surface area contributed by atoms with Crippen molar-refractivity contribution in [2.75, 3.05) is 16.4 Å². The Kier molecular flexibility index (Phi) is 5.54. The molecule has 28 heavy (non-hydrogen) atoms. The van der Waals surface area contributed by atoms with Gasteiger partial charge in [-0.15, -0.1) is 0 Å². The van der Waals surface area contributed by atoms with Crippen molar-refractivity contribution in [2.24, 2.45) is 0 Å². The van der Waals surface area contributed by atoms with Crippen LogP contribution in [0.15, 0.2) is 96.0 Å². The van der Waals surface area contributed by atoms with E-state index in [1.165, 1.54) is 11.8 Å². The maximum Gasteiger partial charge on any atom is 0.234 e. The van der Waals surface area contributed by atoms with E-state index in [0.717, 1.165) is 33.0 Å². The number of nitrogens with one attached hydrogen (secondary N) is 2. The molecule has 1 aromatic heterocycles. The summed E-state index contributed by atoms with van der Waals surface area (Å²) in [5.74, 6) is 0.263. The number of pyridine rings is 1. The molecule has 1 amide bonds. The molecule has 0 aliphatic carbocycles. The van der Waals surface area contributed by atoms with Gasteiger partial charge in [-0.3, -0.25) is 4.79 Å². The van der Waals surface area contributed by atoms with E-state index in [0.29, 0.717) is 5.75 Å². The first-order valence-corrected chi connectivity index (χ1v) is 9.95. The zero-order valence-corrected chi connectivity index (χ0v) is 15.9. The Labute approximate surface area is 168 Å². The monoisotopic (exact) mass is 385 g/mol. The predicted octanol–water partition coefficient (Wildman–Crippen LogP) is 5.71. The number of anilines is 3. The normalized spacial score (nSPS) is 10.6. The van der Waals surface area contributed by atoms with E-state index in [1.807, 2.05) is 91.0 Å². The Morgan fingerprint density at radius 2 is 1.43 bits per heavy atom. The van der Waals surface area contributed by atoms with Crippen LogP contribution in [0.4, 0.5) is 17.1 Å². The van der Waals surface area contributed by atoms with E-state index in [1.54, 1.807) is 0 Å². The first kappa shape index (κ1) is 18.1. The van der Waals surface area contributed by atoms with E-state index in [2.05, 4.69) is 15.6 Å². The largest absolute Gasteiger partial charge is 0.356 e. The van der Waals surface area contributed by atoms with Crippen LogP contribution in [-0.4, -0.2) is 16.6 Å². The minimum absolute atomic E-state index is 0.0521. The van der Waals surface area contributed by atoms with Gasteiger partial charge in [0.15, 0.2) is 0 Å². The average molecular weight is 385 g/mol. The third kappa shape index (κ3) is 4.69. The second-order valence-corrected chi connectivity index (χ2v) is 7.24. The molecule has 0 atom stereocenters.